The lowest BCUT2D eigenvalue weighted by Gasteiger charge is -2.31. The average Bonchev–Trinajstić information content (AvgIpc) is 2.62. The Morgan fingerprint density at radius 3 is 2.71 bits per heavy atom. The van der Waals surface area contributed by atoms with E-state index < -0.39 is 0 Å². The van der Waals surface area contributed by atoms with Gasteiger partial charge in [0.2, 0.25) is 5.91 Å². The van der Waals surface area contributed by atoms with Gasteiger partial charge < -0.3 is 15.0 Å². The summed E-state index contributed by atoms with van der Waals surface area (Å²) in [5, 5.41) is 3.53. The number of pyridine rings is 1. The van der Waals surface area contributed by atoms with E-state index in [1.807, 2.05) is 30.3 Å². The van der Waals surface area contributed by atoms with Crippen molar-refractivity contribution in [3.8, 4) is 0 Å². The molecule has 1 aromatic heterocycles. The molecule has 0 aliphatic carbocycles. The zero-order valence-electron chi connectivity index (χ0n) is 13.1. The summed E-state index contributed by atoms with van der Waals surface area (Å²) >= 11 is 6.36. The van der Waals surface area contributed by atoms with E-state index >= 15 is 0 Å². The lowest BCUT2D eigenvalue weighted by molar-refractivity contribution is -0.111. The first-order chi connectivity index (χ1) is 11.7. The van der Waals surface area contributed by atoms with Crippen LogP contribution in [0.25, 0.3) is 6.08 Å². The Labute approximate surface area is 145 Å². The molecule has 1 amide bonds. The molecule has 1 aliphatic heterocycles. The summed E-state index contributed by atoms with van der Waals surface area (Å²) in [7, 11) is 0. The molecule has 5 nitrogen and oxygen atoms in total. The zero-order chi connectivity index (χ0) is 16.8. The number of nitrogens with zero attached hydrogens (tertiary/aromatic N) is 2. The second kappa shape index (κ2) is 7.95. The molecular formula is C18H18ClN3O2. The van der Waals surface area contributed by atoms with Crippen molar-refractivity contribution in [2.45, 2.75) is 0 Å². The van der Waals surface area contributed by atoms with Crippen LogP contribution in [0.3, 0.4) is 0 Å². The van der Waals surface area contributed by atoms with E-state index in [-0.39, 0.29) is 5.91 Å². The van der Waals surface area contributed by atoms with Gasteiger partial charge in [-0.2, -0.15) is 0 Å². The van der Waals surface area contributed by atoms with Gasteiger partial charge >= 0.3 is 0 Å². The molecule has 0 radical (unpaired) electrons. The van der Waals surface area contributed by atoms with E-state index in [1.165, 1.54) is 6.08 Å². The van der Waals surface area contributed by atoms with Crippen molar-refractivity contribution in [3.63, 3.8) is 0 Å². The Balaban J connectivity index is 1.76. The van der Waals surface area contributed by atoms with E-state index in [0.29, 0.717) is 23.9 Å². The molecule has 24 heavy (non-hydrogen) atoms. The van der Waals surface area contributed by atoms with Gasteiger partial charge in [0.25, 0.3) is 0 Å². The van der Waals surface area contributed by atoms with Crippen molar-refractivity contribution in [1.29, 1.82) is 0 Å². The lowest BCUT2D eigenvalue weighted by atomic mass is 10.2. The Bertz CT molecular complexity index is 728. The number of aromatic nitrogens is 1. The van der Waals surface area contributed by atoms with Crippen molar-refractivity contribution in [3.05, 3.63) is 59.4 Å². The highest BCUT2D eigenvalue weighted by molar-refractivity contribution is 6.34. The van der Waals surface area contributed by atoms with Crippen molar-refractivity contribution in [2.24, 2.45) is 0 Å². The average molecular weight is 344 g/mol. The molecule has 124 valence electrons. The SMILES string of the molecule is O=C(/C=C/c1ccncc1)Nc1cccc(Cl)c1N1CCOCC1. The molecule has 1 N–H and O–H groups in total. The topological polar surface area (TPSA) is 54.5 Å². The zero-order valence-corrected chi connectivity index (χ0v) is 13.9. The van der Waals surface area contributed by atoms with Gasteiger partial charge in [0.1, 0.15) is 0 Å². The van der Waals surface area contributed by atoms with Crippen molar-refractivity contribution in [1.82, 2.24) is 4.98 Å². The molecule has 6 heteroatoms. The fourth-order valence-electron chi connectivity index (χ4n) is 2.55. The highest BCUT2D eigenvalue weighted by Gasteiger charge is 2.18. The smallest absolute Gasteiger partial charge is 0.248 e. The number of halogens is 1. The van der Waals surface area contributed by atoms with Crippen LogP contribution >= 0.6 is 11.6 Å². The van der Waals surface area contributed by atoms with Gasteiger partial charge in [0.05, 0.1) is 29.6 Å². The van der Waals surface area contributed by atoms with Gasteiger partial charge in [-0.3, -0.25) is 9.78 Å². The second-order valence-corrected chi connectivity index (χ2v) is 5.75. The first kappa shape index (κ1) is 16.5. The number of ether oxygens (including phenoxy) is 1. The van der Waals surface area contributed by atoms with Crippen LogP contribution in [-0.2, 0) is 9.53 Å². The predicted octanol–water partition coefficient (Wildman–Crippen LogP) is 3.22. The molecular weight excluding hydrogens is 326 g/mol. The summed E-state index contributed by atoms with van der Waals surface area (Å²) in [6.07, 6.45) is 6.62. The maximum atomic E-state index is 12.2. The van der Waals surface area contributed by atoms with Crippen LogP contribution < -0.4 is 10.2 Å². The van der Waals surface area contributed by atoms with Gasteiger partial charge in [-0.15, -0.1) is 0 Å². The number of nitrogens with one attached hydrogen (secondary N) is 1. The summed E-state index contributed by atoms with van der Waals surface area (Å²) in [5.74, 6) is -0.205. The number of morpholine rings is 1. The van der Waals surface area contributed by atoms with E-state index in [9.17, 15) is 4.79 Å². The third-order valence-electron chi connectivity index (χ3n) is 3.71. The molecule has 1 aromatic carbocycles. The van der Waals surface area contributed by atoms with Gasteiger partial charge in [0.15, 0.2) is 0 Å². The number of para-hydroxylation sites is 1. The van der Waals surface area contributed by atoms with E-state index in [2.05, 4.69) is 15.2 Å². The minimum absolute atomic E-state index is 0.205. The van der Waals surface area contributed by atoms with E-state index in [0.717, 1.165) is 24.3 Å². The van der Waals surface area contributed by atoms with Crippen molar-refractivity contribution >= 4 is 35.0 Å². The standard InChI is InChI=1S/C18H18ClN3O2/c19-15-2-1-3-16(18(15)22-10-12-24-13-11-22)21-17(23)5-4-14-6-8-20-9-7-14/h1-9H,10-13H2,(H,21,23)/b5-4+. The quantitative estimate of drug-likeness (QED) is 0.866. The fourth-order valence-corrected chi connectivity index (χ4v) is 2.84. The molecule has 0 spiro atoms. The van der Waals surface area contributed by atoms with Gasteiger partial charge in [0, 0.05) is 31.6 Å². The number of hydrogen-bond acceptors (Lipinski definition) is 4. The molecule has 0 saturated carbocycles. The number of anilines is 2. The Morgan fingerprint density at radius 2 is 1.96 bits per heavy atom. The lowest BCUT2D eigenvalue weighted by Crippen LogP contribution is -2.37. The van der Waals surface area contributed by atoms with Gasteiger partial charge in [-0.1, -0.05) is 17.7 Å². The molecule has 0 atom stereocenters. The summed E-state index contributed by atoms with van der Waals surface area (Å²) in [6.45, 7) is 2.81. The minimum Gasteiger partial charge on any atom is -0.378 e. The highest BCUT2D eigenvalue weighted by Crippen LogP contribution is 2.34. The van der Waals surface area contributed by atoms with Crippen LogP contribution in [0.1, 0.15) is 5.56 Å². The van der Waals surface area contributed by atoms with Crippen LogP contribution in [0.2, 0.25) is 5.02 Å². The molecule has 2 heterocycles. The maximum Gasteiger partial charge on any atom is 0.248 e. The predicted molar refractivity (Wildman–Crippen MR) is 96.4 cm³/mol. The third kappa shape index (κ3) is 4.13. The molecule has 0 bridgehead atoms. The van der Waals surface area contributed by atoms with Crippen LogP contribution in [0, 0.1) is 0 Å². The van der Waals surface area contributed by atoms with Crippen LogP contribution in [0.15, 0.2) is 48.8 Å². The number of carbonyl (C=O) groups excluding carboxylic acids is 1. The van der Waals surface area contributed by atoms with Gasteiger partial charge in [-0.05, 0) is 35.9 Å². The number of rotatable bonds is 4. The monoisotopic (exact) mass is 343 g/mol. The molecule has 1 aliphatic rings. The number of amides is 1. The first-order valence-electron chi connectivity index (χ1n) is 7.74. The molecule has 3 rings (SSSR count). The maximum absolute atomic E-state index is 12.2. The van der Waals surface area contributed by atoms with Crippen LogP contribution in [-0.4, -0.2) is 37.2 Å². The van der Waals surface area contributed by atoms with E-state index in [1.54, 1.807) is 18.5 Å². The highest BCUT2D eigenvalue weighted by atomic mass is 35.5. The van der Waals surface area contributed by atoms with Gasteiger partial charge in [-0.25, -0.2) is 0 Å². The normalized spacial score (nSPS) is 14.8. The minimum atomic E-state index is -0.205. The summed E-state index contributed by atoms with van der Waals surface area (Å²) in [5.41, 5.74) is 2.46. The Hall–Kier alpha value is -2.37. The van der Waals surface area contributed by atoms with Crippen LogP contribution in [0.4, 0.5) is 11.4 Å². The first-order valence-corrected chi connectivity index (χ1v) is 8.12. The number of carbonyl (C=O) groups is 1. The summed E-state index contributed by atoms with van der Waals surface area (Å²) in [4.78, 5) is 18.3. The summed E-state index contributed by atoms with van der Waals surface area (Å²) in [6, 6.07) is 9.18. The van der Waals surface area contributed by atoms with Crippen molar-refractivity contribution in [2.75, 3.05) is 36.5 Å². The molecule has 2 aromatic rings. The largest absolute Gasteiger partial charge is 0.378 e. The van der Waals surface area contributed by atoms with Crippen LogP contribution in [0.5, 0.6) is 0 Å². The summed E-state index contributed by atoms with van der Waals surface area (Å²) < 4.78 is 5.38. The fraction of sp³-hybridized carbons (Fsp3) is 0.222. The molecule has 0 unspecified atom stereocenters. The third-order valence-corrected chi connectivity index (χ3v) is 4.01. The Kier molecular flexibility index (Phi) is 5.46. The molecule has 1 fully saturated rings. The Morgan fingerprint density at radius 1 is 1.21 bits per heavy atom. The molecule has 1 saturated heterocycles. The number of hydrogen-bond donors (Lipinski definition) is 1. The van der Waals surface area contributed by atoms with Crippen molar-refractivity contribution < 1.29 is 9.53 Å². The number of benzene rings is 1. The van der Waals surface area contributed by atoms with E-state index in [4.69, 9.17) is 16.3 Å². The second-order valence-electron chi connectivity index (χ2n) is 5.34.